The molecule has 2 aromatic rings. The predicted octanol–water partition coefficient (Wildman–Crippen LogP) is 4.13. The number of benzene rings is 1. The highest BCUT2D eigenvalue weighted by Gasteiger charge is 2.12. The number of nitrogens with zero attached hydrogens (tertiary/aromatic N) is 3. The molecule has 0 saturated heterocycles. The fourth-order valence-electron chi connectivity index (χ4n) is 3.01. The molecule has 0 saturated carbocycles. The number of hydrogen-bond acceptors (Lipinski definition) is 4. The summed E-state index contributed by atoms with van der Waals surface area (Å²) < 4.78 is 5.58. The van der Waals surface area contributed by atoms with Gasteiger partial charge < -0.3 is 15.1 Å². The topological polar surface area (TPSA) is 65.7 Å². The zero-order chi connectivity index (χ0) is 19.6. The summed E-state index contributed by atoms with van der Waals surface area (Å²) in [7, 11) is 0. The van der Waals surface area contributed by atoms with Crippen LogP contribution in [-0.4, -0.2) is 47.6 Å². The number of hydrogen-bond donors (Lipinski definition) is 2. The average molecular weight is 499 g/mol. The summed E-state index contributed by atoms with van der Waals surface area (Å²) in [4.78, 5) is 11.6. The molecule has 0 fully saturated rings. The Morgan fingerprint density at radius 1 is 1.11 bits per heavy atom. The van der Waals surface area contributed by atoms with Crippen LogP contribution in [0.1, 0.15) is 40.3 Å². The normalized spacial score (nSPS) is 11.8. The maximum atomic E-state index is 5.58. The van der Waals surface area contributed by atoms with E-state index in [2.05, 4.69) is 60.1 Å². The first-order valence-electron chi connectivity index (χ1n) is 9.79. The van der Waals surface area contributed by atoms with Crippen LogP contribution in [-0.2, 0) is 6.54 Å². The molecule has 0 amide bonds. The molecule has 0 aliphatic rings. The van der Waals surface area contributed by atoms with Gasteiger partial charge in [-0.2, -0.15) is 0 Å². The van der Waals surface area contributed by atoms with Crippen LogP contribution in [0.15, 0.2) is 46.0 Å². The third-order valence-electron chi connectivity index (χ3n) is 4.30. The van der Waals surface area contributed by atoms with E-state index >= 15 is 0 Å². The largest absolute Gasteiger partial charge is 0.444 e. The molecule has 6 nitrogen and oxygen atoms in total. The Kier molecular flexibility index (Phi) is 11.1. The van der Waals surface area contributed by atoms with Crippen LogP contribution in [0.5, 0.6) is 0 Å². The highest BCUT2D eigenvalue weighted by molar-refractivity contribution is 14.0. The van der Waals surface area contributed by atoms with Crippen molar-refractivity contribution in [3.63, 3.8) is 0 Å². The molecular weight excluding hydrogens is 465 g/mol. The highest BCUT2D eigenvalue weighted by Crippen LogP contribution is 2.18. The van der Waals surface area contributed by atoms with Crippen LogP contribution in [0.25, 0.3) is 11.5 Å². The third-order valence-corrected chi connectivity index (χ3v) is 4.30. The van der Waals surface area contributed by atoms with Gasteiger partial charge in [-0.25, -0.2) is 9.98 Å². The minimum Gasteiger partial charge on any atom is -0.444 e. The first kappa shape index (κ1) is 24.4. The van der Waals surface area contributed by atoms with Crippen LogP contribution in [0.4, 0.5) is 0 Å². The summed E-state index contributed by atoms with van der Waals surface area (Å²) in [5.74, 6) is 1.43. The van der Waals surface area contributed by atoms with Gasteiger partial charge in [0.1, 0.15) is 12.0 Å². The van der Waals surface area contributed by atoms with Gasteiger partial charge in [-0.1, -0.05) is 18.2 Å². The van der Waals surface area contributed by atoms with Crippen molar-refractivity contribution in [3.05, 3.63) is 42.3 Å². The summed E-state index contributed by atoms with van der Waals surface area (Å²) in [6.07, 6.45) is 1.68. The van der Waals surface area contributed by atoms with Gasteiger partial charge in [0.25, 0.3) is 0 Å². The minimum atomic E-state index is 0. The van der Waals surface area contributed by atoms with Crippen molar-refractivity contribution in [2.24, 2.45) is 4.99 Å². The summed E-state index contributed by atoms with van der Waals surface area (Å²) in [6, 6.07) is 10.9. The number of nitrogens with one attached hydrogen (secondary N) is 2. The van der Waals surface area contributed by atoms with E-state index in [4.69, 9.17) is 4.42 Å². The summed E-state index contributed by atoms with van der Waals surface area (Å²) in [5.41, 5.74) is 1.79. The van der Waals surface area contributed by atoms with Gasteiger partial charge in [-0.05, 0) is 46.8 Å². The molecule has 156 valence electrons. The van der Waals surface area contributed by atoms with E-state index in [9.17, 15) is 0 Å². The van der Waals surface area contributed by atoms with Crippen molar-refractivity contribution < 1.29 is 4.42 Å². The molecule has 0 bridgehead atoms. The lowest BCUT2D eigenvalue weighted by Crippen LogP contribution is -2.45. The second-order valence-corrected chi connectivity index (χ2v) is 7.06. The summed E-state index contributed by atoms with van der Waals surface area (Å²) in [5, 5.41) is 6.69. The minimum absolute atomic E-state index is 0. The van der Waals surface area contributed by atoms with Gasteiger partial charge in [-0.3, -0.25) is 4.90 Å². The Balaban J connectivity index is 0.00000392. The van der Waals surface area contributed by atoms with E-state index < -0.39 is 0 Å². The van der Waals surface area contributed by atoms with Crippen LogP contribution >= 0.6 is 24.0 Å². The van der Waals surface area contributed by atoms with Crippen molar-refractivity contribution in [2.45, 2.75) is 53.2 Å². The zero-order valence-corrected chi connectivity index (χ0v) is 19.9. The van der Waals surface area contributed by atoms with Crippen molar-refractivity contribution in [1.82, 2.24) is 20.5 Å². The van der Waals surface area contributed by atoms with Gasteiger partial charge in [0.2, 0.25) is 5.89 Å². The van der Waals surface area contributed by atoms with Gasteiger partial charge in [0, 0.05) is 37.3 Å². The van der Waals surface area contributed by atoms with Crippen LogP contribution in [0.3, 0.4) is 0 Å². The monoisotopic (exact) mass is 499 g/mol. The molecule has 0 aliphatic heterocycles. The van der Waals surface area contributed by atoms with E-state index in [1.807, 2.05) is 30.3 Å². The molecule has 0 unspecified atom stereocenters. The van der Waals surface area contributed by atoms with Gasteiger partial charge >= 0.3 is 0 Å². The smallest absolute Gasteiger partial charge is 0.226 e. The first-order valence-corrected chi connectivity index (χ1v) is 9.79. The van der Waals surface area contributed by atoms with E-state index in [0.29, 0.717) is 24.5 Å². The number of rotatable bonds is 9. The molecule has 0 spiro atoms. The molecule has 2 rings (SSSR count). The second-order valence-electron chi connectivity index (χ2n) is 7.06. The fraction of sp³-hybridized carbons (Fsp3) is 0.524. The average Bonchev–Trinajstić information content (AvgIpc) is 3.12. The Labute approximate surface area is 186 Å². The molecule has 1 aromatic heterocycles. The maximum absolute atomic E-state index is 5.58. The fourth-order valence-corrected chi connectivity index (χ4v) is 3.01. The summed E-state index contributed by atoms with van der Waals surface area (Å²) in [6.45, 7) is 14.1. The number of halogens is 1. The van der Waals surface area contributed by atoms with Crippen LogP contribution in [0.2, 0.25) is 0 Å². The molecule has 0 aliphatic carbocycles. The Bertz CT molecular complexity index is 692. The Morgan fingerprint density at radius 3 is 2.39 bits per heavy atom. The van der Waals surface area contributed by atoms with Crippen LogP contribution in [0, 0.1) is 0 Å². The number of oxazole rings is 1. The zero-order valence-electron chi connectivity index (χ0n) is 17.6. The summed E-state index contributed by atoms with van der Waals surface area (Å²) >= 11 is 0. The van der Waals surface area contributed by atoms with Crippen molar-refractivity contribution >= 4 is 29.9 Å². The van der Waals surface area contributed by atoms with Crippen LogP contribution < -0.4 is 10.6 Å². The maximum Gasteiger partial charge on any atom is 0.226 e. The van der Waals surface area contributed by atoms with E-state index in [1.54, 1.807) is 6.26 Å². The van der Waals surface area contributed by atoms with E-state index in [-0.39, 0.29) is 24.0 Å². The Morgan fingerprint density at radius 2 is 1.79 bits per heavy atom. The predicted molar refractivity (Wildman–Crippen MR) is 127 cm³/mol. The van der Waals surface area contributed by atoms with E-state index in [0.717, 1.165) is 36.9 Å². The lowest BCUT2D eigenvalue weighted by Gasteiger charge is -2.30. The standard InChI is InChI=1S/C21H33N5O.HI/c1-6-22-21(23-12-13-26(16(2)3)17(4)5)24-14-19-15-27-20(25-19)18-10-8-7-9-11-18;/h7-11,15-17H,6,12-14H2,1-5H3,(H2,22,23,24);1H. The lowest BCUT2D eigenvalue weighted by molar-refractivity contribution is 0.178. The number of aromatic nitrogens is 1. The van der Waals surface area contributed by atoms with Gasteiger partial charge in [-0.15, -0.1) is 24.0 Å². The molecule has 1 aromatic carbocycles. The molecule has 7 heteroatoms. The quantitative estimate of drug-likeness (QED) is 0.309. The molecule has 0 atom stereocenters. The Hall–Kier alpha value is -1.61. The van der Waals surface area contributed by atoms with E-state index in [1.165, 1.54) is 0 Å². The molecule has 28 heavy (non-hydrogen) atoms. The van der Waals surface area contributed by atoms with Crippen molar-refractivity contribution in [3.8, 4) is 11.5 Å². The third kappa shape index (κ3) is 7.79. The molecule has 2 N–H and O–H groups in total. The van der Waals surface area contributed by atoms with Crippen molar-refractivity contribution in [2.75, 3.05) is 19.6 Å². The highest BCUT2D eigenvalue weighted by atomic mass is 127. The van der Waals surface area contributed by atoms with Crippen molar-refractivity contribution in [1.29, 1.82) is 0 Å². The molecule has 1 heterocycles. The first-order chi connectivity index (χ1) is 13.0. The van der Waals surface area contributed by atoms with Gasteiger partial charge in [0.05, 0.1) is 6.54 Å². The van der Waals surface area contributed by atoms with Gasteiger partial charge in [0.15, 0.2) is 5.96 Å². The second kappa shape index (κ2) is 12.8. The lowest BCUT2D eigenvalue weighted by atomic mass is 10.2. The SMILES string of the molecule is CCNC(=NCc1coc(-c2ccccc2)n1)NCCN(C(C)C)C(C)C.I. The molecular formula is C21H34IN5O. The molecule has 0 radical (unpaired) electrons. The number of aliphatic imine (C=N–C) groups is 1. The number of guanidine groups is 1.